The van der Waals surface area contributed by atoms with E-state index in [0.717, 1.165) is 17.8 Å². The Balaban J connectivity index is 2.31. The van der Waals surface area contributed by atoms with E-state index in [2.05, 4.69) is 9.71 Å². The molecule has 112 valence electrons. The molecule has 2 N–H and O–H groups in total. The second-order valence-electron chi connectivity index (χ2n) is 4.51. The summed E-state index contributed by atoms with van der Waals surface area (Å²) in [5.41, 5.74) is 0.352. The number of nitrogens with one attached hydrogen (secondary N) is 2. The molecule has 0 saturated heterocycles. The molecule has 2 rings (SSSR count). The minimum absolute atomic E-state index is 0.0681. The van der Waals surface area contributed by atoms with E-state index in [1.165, 1.54) is 0 Å². The lowest BCUT2D eigenvalue weighted by Crippen LogP contribution is -2.29. The van der Waals surface area contributed by atoms with Gasteiger partial charge in [-0.3, -0.25) is 4.79 Å². The van der Waals surface area contributed by atoms with Gasteiger partial charge in [-0.05, 0) is 18.1 Å². The molecule has 0 fully saturated rings. The summed E-state index contributed by atoms with van der Waals surface area (Å²) in [6.07, 6.45) is 1.73. The van der Waals surface area contributed by atoms with Crippen molar-refractivity contribution >= 4 is 21.6 Å². The zero-order chi connectivity index (χ0) is 15.5. The SMILES string of the molecule is CCC(NS(=O)(=O)c1c[nH]c(=O)c(Cl)c1)c1ccccc1. The lowest BCUT2D eigenvalue weighted by molar-refractivity contribution is 0.549. The van der Waals surface area contributed by atoms with Gasteiger partial charge >= 0.3 is 0 Å². The largest absolute Gasteiger partial charge is 0.326 e. The van der Waals surface area contributed by atoms with E-state index in [-0.39, 0.29) is 16.0 Å². The molecule has 0 saturated carbocycles. The van der Waals surface area contributed by atoms with Crippen LogP contribution in [0, 0.1) is 0 Å². The van der Waals surface area contributed by atoms with Crippen LogP contribution in [-0.2, 0) is 10.0 Å². The van der Waals surface area contributed by atoms with Gasteiger partial charge in [-0.25, -0.2) is 13.1 Å². The highest BCUT2D eigenvalue weighted by Crippen LogP contribution is 2.20. The lowest BCUT2D eigenvalue weighted by atomic mass is 10.1. The topological polar surface area (TPSA) is 79.0 Å². The van der Waals surface area contributed by atoms with E-state index >= 15 is 0 Å². The van der Waals surface area contributed by atoms with Crippen LogP contribution in [0.5, 0.6) is 0 Å². The number of benzene rings is 1. The van der Waals surface area contributed by atoms with Crippen molar-refractivity contribution in [1.82, 2.24) is 9.71 Å². The van der Waals surface area contributed by atoms with E-state index in [1.807, 2.05) is 37.3 Å². The number of hydrogen-bond acceptors (Lipinski definition) is 3. The summed E-state index contributed by atoms with van der Waals surface area (Å²) in [4.78, 5) is 13.4. The van der Waals surface area contributed by atoms with Crippen molar-refractivity contribution < 1.29 is 8.42 Å². The fourth-order valence-electron chi connectivity index (χ4n) is 1.92. The van der Waals surface area contributed by atoms with Crippen molar-refractivity contribution in [3.63, 3.8) is 0 Å². The Bertz CT molecular complexity index is 772. The van der Waals surface area contributed by atoms with Gasteiger partial charge < -0.3 is 4.98 Å². The normalized spacial score (nSPS) is 13.0. The zero-order valence-corrected chi connectivity index (χ0v) is 12.9. The minimum atomic E-state index is -3.76. The summed E-state index contributed by atoms with van der Waals surface area (Å²) in [5, 5.41) is -0.161. The summed E-state index contributed by atoms with van der Waals surface area (Å²) >= 11 is 5.67. The molecule has 1 atom stereocenters. The Hall–Kier alpha value is -1.63. The Morgan fingerprint density at radius 1 is 1.29 bits per heavy atom. The van der Waals surface area contributed by atoms with Gasteiger partial charge in [0.05, 0.1) is 4.90 Å². The van der Waals surface area contributed by atoms with Gasteiger partial charge in [-0.2, -0.15) is 0 Å². The van der Waals surface area contributed by atoms with Gasteiger partial charge in [0, 0.05) is 12.2 Å². The summed E-state index contributed by atoms with van der Waals surface area (Å²) in [7, 11) is -3.76. The lowest BCUT2D eigenvalue weighted by Gasteiger charge is -2.17. The molecule has 1 aromatic carbocycles. The number of halogens is 1. The third-order valence-electron chi connectivity index (χ3n) is 3.05. The first-order valence-corrected chi connectivity index (χ1v) is 8.25. The van der Waals surface area contributed by atoms with Crippen molar-refractivity contribution in [1.29, 1.82) is 0 Å². The van der Waals surface area contributed by atoms with Crippen molar-refractivity contribution in [2.75, 3.05) is 0 Å². The molecule has 0 spiro atoms. The molecule has 5 nitrogen and oxygen atoms in total. The molecular weight excluding hydrogens is 312 g/mol. The van der Waals surface area contributed by atoms with Crippen LogP contribution in [0.25, 0.3) is 0 Å². The number of sulfonamides is 1. The fourth-order valence-corrected chi connectivity index (χ4v) is 3.46. The van der Waals surface area contributed by atoms with E-state index < -0.39 is 15.6 Å². The Kier molecular flexibility index (Phi) is 4.82. The maximum atomic E-state index is 12.3. The molecule has 21 heavy (non-hydrogen) atoms. The fraction of sp³-hybridized carbons (Fsp3) is 0.214. The van der Waals surface area contributed by atoms with Crippen LogP contribution in [0.3, 0.4) is 0 Å². The molecule has 7 heteroatoms. The highest BCUT2D eigenvalue weighted by molar-refractivity contribution is 7.89. The molecule has 0 aliphatic rings. The Morgan fingerprint density at radius 3 is 2.52 bits per heavy atom. The molecule has 0 aliphatic carbocycles. The van der Waals surface area contributed by atoms with Crippen molar-refractivity contribution in [3.8, 4) is 0 Å². The van der Waals surface area contributed by atoms with Crippen LogP contribution in [0.1, 0.15) is 24.9 Å². The van der Waals surface area contributed by atoms with Gasteiger partial charge in [0.1, 0.15) is 5.02 Å². The van der Waals surface area contributed by atoms with Gasteiger partial charge in [0.25, 0.3) is 5.56 Å². The van der Waals surface area contributed by atoms with Gasteiger partial charge in [-0.15, -0.1) is 0 Å². The first-order valence-electron chi connectivity index (χ1n) is 6.39. The summed E-state index contributed by atoms with van der Waals surface area (Å²) in [6, 6.07) is 10.1. The van der Waals surface area contributed by atoms with Crippen LogP contribution in [0.4, 0.5) is 0 Å². The highest BCUT2D eigenvalue weighted by Gasteiger charge is 2.21. The van der Waals surface area contributed by atoms with Crippen LogP contribution in [-0.4, -0.2) is 13.4 Å². The molecule has 0 bridgehead atoms. The van der Waals surface area contributed by atoms with Gasteiger partial charge in [-0.1, -0.05) is 48.9 Å². The molecule has 0 aliphatic heterocycles. The predicted molar refractivity (Wildman–Crippen MR) is 81.9 cm³/mol. The quantitative estimate of drug-likeness (QED) is 0.885. The average molecular weight is 327 g/mol. The number of hydrogen-bond donors (Lipinski definition) is 2. The molecule has 0 radical (unpaired) electrons. The zero-order valence-electron chi connectivity index (χ0n) is 11.3. The molecule has 1 unspecified atom stereocenters. The first-order chi connectivity index (χ1) is 9.94. The molecule has 1 aromatic heterocycles. The highest BCUT2D eigenvalue weighted by atomic mass is 35.5. The van der Waals surface area contributed by atoms with Crippen LogP contribution in [0.15, 0.2) is 52.3 Å². The van der Waals surface area contributed by atoms with Crippen molar-refractivity contribution in [2.24, 2.45) is 0 Å². The smallest absolute Gasteiger partial charge is 0.266 e. The Morgan fingerprint density at radius 2 is 1.95 bits per heavy atom. The predicted octanol–water partition coefficient (Wildman–Crippen LogP) is 2.46. The second kappa shape index (κ2) is 6.43. The van der Waals surface area contributed by atoms with Crippen LogP contribution >= 0.6 is 11.6 Å². The standard InChI is InChI=1S/C14H15ClN2O3S/c1-2-13(10-6-4-3-5-7-10)17-21(19,20)11-8-12(15)14(18)16-9-11/h3-9,13,17H,2H2,1H3,(H,16,18). The number of aromatic nitrogens is 1. The molecular formula is C14H15ClN2O3S. The van der Waals surface area contributed by atoms with E-state index in [1.54, 1.807) is 0 Å². The maximum Gasteiger partial charge on any atom is 0.266 e. The van der Waals surface area contributed by atoms with Crippen LogP contribution in [0.2, 0.25) is 5.02 Å². The first kappa shape index (κ1) is 15.8. The molecule has 1 heterocycles. The number of rotatable bonds is 5. The van der Waals surface area contributed by atoms with Crippen molar-refractivity contribution in [3.05, 3.63) is 63.5 Å². The summed E-state index contributed by atoms with van der Waals surface area (Å²) < 4.78 is 27.3. The monoisotopic (exact) mass is 326 g/mol. The maximum absolute atomic E-state index is 12.3. The van der Waals surface area contributed by atoms with Gasteiger partial charge in [0.2, 0.25) is 10.0 Å². The second-order valence-corrected chi connectivity index (χ2v) is 6.63. The summed E-state index contributed by atoms with van der Waals surface area (Å²) in [6.45, 7) is 1.89. The molecule has 0 amide bonds. The third kappa shape index (κ3) is 3.72. The summed E-state index contributed by atoms with van der Waals surface area (Å²) in [5.74, 6) is 0. The average Bonchev–Trinajstić information content (AvgIpc) is 2.48. The van der Waals surface area contributed by atoms with Crippen LogP contribution < -0.4 is 10.3 Å². The van der Waals surface area contributed by atoms with Crippen molar-refractivity contribution in [2.45, 2.75) is 24.3 Å². The molecule has 2 aromatic rings. The van der Waals surface area contributed by atoms with E-state index in [4.69, 9.17) is 11.6 Å². The Labute approximate surface area is 128 Å². The number of pyridine rings is 1. The van der Waals surface area contributed by atoms with E-state index in [0.29, 0.717) is 6.42 Å². The number of aromatic amines is 1. The third-order valence-corrected chi connectivity index (χ3v) is 4.78. The number of H-pyrrole nitrogens is 1. The van der Waals surface area contributed by atoms with Gasteiger partial charge in [0.15, 0.2) is 0 Å². The van der Waals surface area contributed by atoms with E-state index in [9.17, 15) is 13.2 Å². The minimum Gasteiger partial charge on any atom is -0.326 e.